The first kappa shape index (κ1) is 17.6. The number of hydrogen-bond acceptors (Lipinski definition) is 4. The first-order valence-electron chi connectivity index (χ1n) is 6.99. The number of ether oxygens (including phenoxy) is 1. The maximum atomic E-state index is 11.8. The molecule has 0 amide bonds. The van der Waals surface area contributed by atoms with Crippen molar-refractivity contribution in [2.75, 3.05) is 7.11 Å². The smallest absolute Gasteiger partial charge is 0.179 e. The molecule has 4 nitrogen and oxygen atoms in total. The number of nitrogens with two attached hydrogens (primary N) is 1. The van der Waals surface area contributed by atoms with Gasteiger partial charge in [0.15, 0.2) is 12.1 Å². The lowest BCUT2D eigenvalue weighted by molar-refractivity contribution is -0.150. The molecular weight excluding hydrogens is 230 g/mol. The Morgan fingerprint density at radius 1 is 1.22 bits per heavy atom. The highest BCUT2D eigenvalue weighted by atomic mass is 16.6. The van der Waals surface area contributed by atoms with E-state index in [1.54, 1.807) is 0 Å². The summed E-state index contributed by atoms with van der Waals surface area (Å²) in [5.74, 6) is -0.134. The first-order valence-corrected chi connectivity index (χ1v) is 6.99. The molecule has 108 valence electrons. The number of carbonyl (C=O) groups excluding carboxylic acids is 1. The largest absolute Gasteiger partial charge is 0.366 e. The molecule has 0 aliphatic heterocycles. The summed E-state index contributed by atoms with van der Waals surface area (Å²) in [6.45, 7) is 3.71. The molecule has 3 N–H and O–H groups in total. The van der Waals surface area contributed by atoms with Crippen LogP contribution in [0, 0.1) is 0 Å². The second-order valence-electron chi connectivity index (χ2n) is 5.17. The van der Waals surface area contributed by atoms with Crippen molar-refractivity contribution in [1.29, 1.82) is 0 Å². The molecule has 0 aromatic carbocycles. The molecule has 0 spiro atoms. The van der Waals surface area contributed by atoms with Crippen molar-refractivity contribution in [2.24, 2.45) is 5.73 Å². The molecule has 0 aliphatic carbocycles. The van der Waals surface area contributed by atoms with Crippen LogP contribution >= 0.6 is 0 Å². The van der Waals surface area contributed by atoms with Crippen LogP contribution in [0.4, 0.5) is 0 Å². The fraction of sp³-hybridized carbons (Fsp3) is 0.929. The van der Waals surface area contributed by atoms with Gasteiger partial charge in [-0.15, -0.1) is 0 Å². The molecule has 0 heterocycles. The minimum Gasteiger partial charge on any atom is -0.366 e. The molecule has 0 bridgehead atoms. The van der Waals surface area contributed by atoms with E-state index in [0.717, 1.165) is 12.8 Å². The average molecular weight is 259 g/mol. The Morgan fingerprint density at radius 3 is 2.22 bits per heavy atom. The zero-order valence-electron chi connectivity index (χ0n) is 12.1. The Balaban J connectivity index is 3.70. The average Bonchev–Trinajstić information content (AvgIpc) is 2.36. The van der Waals surface area contributed by atoms with Crippen molar-refractivity contribution < 1.29 is 14.6 Å². The Bertz CT molecular complexity index is 229. The lowest BCUT2D eigenvalue weighted by Gasteiger charge is -2.27. The number of ketones is 1. The third-order valence-corrected chi connectivity index (χ3v) is 3.34. The van der Waals surface area contributed by atoms with E-state index in [-0.39, 0.29) is 5.78 Å². The number of methoxy groups -OCH3 is 1. The van der Waals surface area contributed by atoms with E-state index in [1.807, 2.05) is 0 Å². The Labute approximate surface area is 111 Å². The van der Waals surface area contributed by atoms with Gasteiger partial charge in [-0.3, -0.25) is 4.79 Å². The normalized spacial score (nSPS) is 16.3. The van der Waals surface area contributed by atoms with Crippen molar-refractivity contribution in [3.05, 3.63) is 0 Å². The number of carbonyl (C=O) groups is 1. The van der Waals surface area contributed by atoms with Crippen molar-refractivity contribution in [3.8, 4) is 0 Å². The molecule has 2 unspecified atom stereocenters. The van der Waals surface area contributed by atoms with E-state index >= 15 is 0 Å². The number of aliphatic hydroxyl groups is 1. The van der Waals surface area contributed by atoms with Gasteiger partial charge < -0.3 is 15.6 Å². The van der Waals surface area contributed by atoms with Gasteiger partial charge in [0.2, 0.25) is 0 Å². The zero-order valence-corrected chi connectivity index (χ0v) is 12.1. The summed E-state index contributed by atoms with van der Waals surface area (Å²) < 4.78 is 4.72. The van der Waals surface area contributed by atoms with Crippen LogP contribution in [0.15, 0.2) is 0 Å². The molecule has 0 aromatic heterocycles. The van der Waals surface area contributed by atoms with Gasteiger partial charge >= 0.3 is 0 Å². The number of rotatable bonds is 11. The van der Waals surface area contributed by atoms with E-state index in [1.165, 1.54) is 46.1 Å². The fourth-order valence-electron chi connectivity index (χ4n) is 1.89. The van der Waals surface area contributed by atoms with E-state index in [4.69, 9.17) is 10.5 Å². The fourth-order valence-corrected chi connectivity index (χ4v) is 1.89. The minimum atomic E-state index is -1.29. The van der Waals surface area contributed by atoms with Crippen LogP contribution in [-0.2, 0) is 9.53 Å². The number of Topliss-reactive ketones (excluding diaryl/α,β-unsaturated/α-hetero) is 1. The SMILES string of the molecule is CCCCCCCCCC(=O)C(C)(N)C(O)OC. The molecule has 0 aromatic rings. The maximum Gasteiger partial charge on any atom is 0.179 e. The molecule has 2 atom stereocenters. The van der Waals surface area contributed by atoms with E-state index < -0.39 is 11.8 Å². The Morgan fingerprint density at radius 2 is 1.72 bits per heavy atom. The monoisotopic (exact) mass is 259 g/mol. The molecular formula is C14H29NO3. The maximum absolute atomic E-state index is 11.8. The van der Waals surface area contributed by atoms with E-state index in [9.17, 15) is 9.90 Å². The standard InChI is InChI=1S/C14H29NO3/c1-4-5-6-7-8-9-10-11-12(16)14(2,15)13(17)18-3/h13,17H,4-11,15H2,1-3H3. The van der Waals surface area contributed by atoms with Gasteiger partial charge in [0.25, 0.3) is 0 Å². The molecule has 0 saturated carbocycles. The van der Waals surface area contributed by atoms with Gasteiger partial charge in [-0.25, -0.2) is 0 Å². The summed E-state index contributed by atoms with van der Waals surface area (Å²) in [6.07, 6.45) is 7.31. The Hall–Kier alpha value is -0.450. The summed E-state index contributed by atoms with van der Waals surface area (Å²) in [6, 6.07) is 0. The van der Waals surface area contributed by atoms with E-state index in [0.29, 0.717) is 6.42 Å². The van der Waals surface area contributed by atoms with Crippen LogP contribution in [0.3, 0.4) is 0 Å². The third-order valence-electron chi connectivity index (χ3n) is 3.34. The van der Waals surface area contributed by atoms with Crippen molar-refractivity contribution in [2.45, 2.75) is 77.0 Å². The minimum absolute atomic E-state index is 0.134. The summed E-state index contributed by atoms with van der Waals surface area (Å²) in [7, 11) is 1.34. The van der Waals surface area contributed by atoms with Crippen molar-refractivity contribution in [3.63, 3.8) is 0 Å². The lowest BCUT2D eigenvalue weighted by atomic mass is 9.92. The van der Waals surface area contributed by atoms with Crippen LogP contribution < -0.4 is 5.73 Å². The molecule has 0 rings (SSSR count). The number of unbranched alkanes of at least 4 members (excludes halogenated alkanes) is 6. The van der Waals surface area contributed by atoms with Crippen LogP contribution in [0.1, 0.15) is 65.2 Å². The molecule has 18 heavy (non-hydrogen) atoms. The summed E-state index contributed by atoms with van der Waals surface area (Å²) in [5.41, 5.74) is 4.48. The zero-order chi connectivity index (χ0) is 14.0. The summed E-state index contributed by atoms with van der Waals surface area (Å²) >= 11 is 0. The molecule has 4 heteroatoms. The number of aliphatic hydroxyl groups excluding tert-OH is 1. The van der Waals surface area contributed by atoms with Crippen molar-refractivity contribution in [1.82, 2.24) is 0 Å². The predicted octanol–water partition coefficient (Wildman–Crippen LogP) is 2.38. The lowest BCUT2D eigenvalue weighted by Crippen LogP contribution is -2.55. The second-order valence-corrected chi connectivity index (χ2v) is 5.17. The Kier molecular flexibility index (Phi) is 9.24. The highest BCUT2D eigenvalue weighted by molar-refractivity contribution is 5.88. The first-order chi connectivity index (χ1) is 8.46. The van der Waals surface area contributed by atoms with Crippen LogP contribution in [-0.4, -0.2) is 29.8 Å². The van der Waals surface area contributed by atoms with Gasteiger partial charge in [-0.2, -0.15) is 0 Å². The molecule has 0 aliphatic rings. The van der Waals surface area contributed by atoms with Gasteiger partial charge in [0, 0.05) is 13.5 Å². The van der Waals surface area contributed by atoms with Crippen LogP contribution in [0.25, 0.3) is 0 Å². The molecule has 0 saturated heterocycles. The van der Waals surface area contributed by atoms with E-state index in [2.05, 4.69) is 6.92 Å². The predicted molar refractivity (Wildman–Crippen MR) is 73.2 cm³/mol. The highest BCUT2D eigenvalue weighted by Gasteiger charge is 2.35. The van der Waals surface area contributed by atoms with Crippen LogP contribution in [0.2, 0.25) is 0 Å². The number of hydrogen-bond donors (Lipinski definition) is 2. The summed E-state index contributed by atoms with van der Waals surface area (Å²) in [5, 5.41) is 9.49. The quantitative estimate of drug-likeness (QED) is 0.441. The van der Waals surface area contributed by atoms with Gasteiger partial charge in [-0.05, 0) is 13.3 Å². The van der Waals surface area contributed by atoms with Crippen molar-refractivity contribution >= 4 is 5.78 Å². The molecule has 0 fully saturated rings. The topological polar surface area (TPSA) is 72.6 Å². The summed E-state index contributed by atoms with van der Waals surface area (Å²) in [4.78, 5) is 11.8. The van der Waals surface area contributed by atoms with Gasteiger partial charge in [0.05, 0.1) is 0 Å². The van der Waals surface area contributed by atoms with Crippen LogP contribution in [0.5, 0.6) is 0 Å². The third kappa shape index (κ3) is 6.47. The highest BCUT2D eigenvalue weighted by Crippen LogP contribution is 2.15. The molecule has 0 radical (unpaired) electrons. The van der Waals surface area contributed by atoms with Gasteiger partial charge in [-0.1, -0.05) is 45.4 Å². The second kappa shape index (κ2) is 9.48. The van der Waals surface area contributed by atoms with Gasteiger partial charge in [0.1, 0.15) is 5.54 Å².